The third kappa shape index (κ3) is 13.9. The second-order valence-electron chi connectivity index (χ2n) is 4.14. The standard InChI is InChI=1S/C11H25NO2S/c1-3-4-5-6-7-8-9-10-11-12-15(2,13)14/h12H,3-11H2,1-2H3. The number of unbranched alkanes of at least 4 members (excludes halogenated alkanes) is 7. The van der Waals surface area contributed by atoms with E-state index in [1.807, 2.05) is 0 Å². The van der Waals surface area contributed by atoms with Crippen LogP contribution in [0.25, 0.3) is 0 Å². The zero-order valence-electron chi connectivity index (χ0n) is 10.1. The highest BCUT2D eigenvalue weighted by Crippen LogP contribution is 2.07. The van der Waals surface area contributed by atoms with E-state index in [2.05, 4.69) is 11.6 Å². The molecule has 0 aromatic carbocycles. The van der Waals surface area contributed by atoms with Crippen molar-refractivity contribution in [3.05, 3.63) is 0 Å². The molecule has 0 saturated carbocycles. The maximum Gasteiger partial charge on any atom is 0.208 e. The zero-order chi connectivity index (χ0) is 11.6. The number of hydrogen-bond donors (Lipinski definition) is 1. The fourth-order valence-corrected chi connectivity index (χ4v) is 2.03. The van der Waals surface area contributed by atoms with E-state index in [1.54, 1.807) is 0 Å². The molecule has 0 atom stereocenters. The molecular formula is C11H25NO2S. The van der Waals surface area contributed by atoms with Gasteiger partial charge >= 0.3 is 0 Å². The van der Waals surface area contributed by atoms with Crippen molar-refractivity contribution in [3.8, 4) is 0 Å². The van der Waals surface area contributed by atoms with Crippen LogP contribution in [0.1, 0.15) is 58.3 Å². The van der Waals surface area contributed by atoms with Crippen LogP contribution in [0.5, 0.6) is 0 Å². The SMILES string of the molecule is CCCCCCCCCCNS(C)(=O)=O. The van der Waals surface area contributed by atoms with Crippen LogP contribution in [0.15, 0.2) is 0 Å². The molecule has 3 nitrogen and oxygen atoms in total. The number of rotatable bonds is 10. The molecule has 0 aliphatic heterocycles. The summed E-state index contributed by atoms with van der Waals surface area (Å²) >= 11 is 0. The summed E-state index contributed by atoms with van der Waals surface area (Å²) < 4.78 is 24.0. The fraction of sp³-hybridized carbons (Fsp3) is 1.00. The van der Waals surface area contributed by atoms with Crippen molar-refractivity contribution in [2.24, 2.45) is 0 Å². The first-order valence-corrected chi connectivity index (χ1v) is 7.90. The lowest BCUT2D eigenvalue weighted by atomic mass is 10.1. The van der Waals surface area contributed by atoms with Gasteiger partial charge in [-0.15, -0.1) is 0 Å². The van der Waals surface area contributed by atoms with Gasteiger partial charge in [-0.25, -0.2) is 13.1 Å². The average Bonchev–Trinajstić information content (AvgIpc) is 2.14. The average molecular weight is 235 g/mol. The van der Waals surface area contributed by atoms with Crippen molar-refractivity contribution in [2.45, 2.75) is 58.3 Å². The Morgan fingerprint density at radius 3 is 1.80 bits per heavy atom. The van der Waals surface area contributed by atoms with Gasteiger partial charge < -0.3 is 0 Å². The van der Waals surface area contributed by atoms with Crippen LogP contribution in [0, 0.1) is 0 Å². The van der Waals surface area contributed by atoms with E-state index in [0.29, 0.717) is 6.54 Å². The van der Waals surface area contributed by atoms with E-state index in [9.17, 15) is 8.42 Å². The Bertz CT molecular complexity index is 225. The van der Waals surface area contributed by atoms with Crippen molar-refractivity contribution in [1.82, 2.24) is 4.72 Å². The first-order chi connectivity index (χ1) is 7.06. The molecule has 15 heavy (non-hydrogen) atoms. The number of nitrogens with one attached hydrogen (secondary N) is 1. The molecule has 0 unspecified atom stereocenters. The molecule has 0 fully saturated rings. The molecule has 0 saturated heterocycles. The summed E-state index contributed by atoms with van der Waals surface area (Å²) in [5, 5.41) is 0. The highest BCUT2D eigenvalue weighted by Gasteiger charge is 1.98. The van der Waals surface area contributed by atoms with Crippen LogP contribution in [0.3, 0.4) is 0 Å². The minimum atomic E-state index is -2.98. The van der Waals surface area contributed by atoms with Gasteiger partial charge in [-0.1, -0.05) is 51.9 Å². The topological polar surface area (TPSA) is 46.2 Å². The largest absolute Gasteiger partial charge is 0.215 e. The Morgan fingerprint density at radius 1 is 0.867 bits per heavy atom. The maximum absolute atomic E-state index is 10.7. The van der Waals surface area contributed by atoms with E-state index in [0.717, 1.165) is 12.8 Å². The van der Waals surface area contributed by atoms with Crippen LogP contribution < -0.4 is 4.72 Å². The number of hydrogen-bond acceptors (Lipinski definition) is 2. The van der Waals surface area contributed by atoms with E-state index in [-0.39, 0.29) is 0 Å². The van der Waals surface area contributed by atoms with Crippen LogP contribution in [0.2, 0.25) is 0 Å². The van der Waals surface area contributed by atoms with Crippen LogP contribution in [0.4, 0.5) is 0 Å². The predicted octanol–water partition coefficient (Wildman–Crippen LogP) is 2.68. The first-order valence-electron chi connectivity index (χ1n) is 6.01. The Hall–Kier alpha value is -0.0900. The normalized spacial score (nSPS) is 11.9. The molecule has 92 valence electrons. The van der Waals surface area contributed by atoms with Crippen molar-refractivity contribution in [2.75, 3.05) is 12.8 Å². The predicted molar refractivity (Wildman–Crippen MR) is 65.5 cm³/mol. The van der Waals surface area contributed by atoms with Gasteiger partial charge in [0.05, 0.1) is 6.26 Å². The summed E-state index contributed by atoms with van der Waals surface area (Å²) in [6.45, 7) is 2.81. The summed E-state index contributed by atoms with van der Waals surface area (Å²) in [6.07, 6.45) is 11.1. The Kier molecular flexibility index (Phi) is 9.10. The van der Waals surface area contributed by atoms with Crippen LogP contribution >= 0.6 is 0 Å². The van der Waals surface area contributed by atoms with Gasteiger partial charge in [-0.2, -0.15) is 0 Å². The Morgan fingerprint density at radius 2 is 1.33 bits per heavy atom. The van der Waals surface area contributed by atoms with Crippen molar-refractivity contribution < 1.29 is 8.42 Å². The molecule has 0 spiro atoms. The lowest BCUT2D eigenvalue weighted by Crippen LogP contribution is -2.22. The molecular weight excluding hydrogens is 210 g/mol. The molecule has 0 rings (SSSR count). The van der Waals surface area contributed by atoms with Gasteiger partial charge in [0.2, 0.25) is 10.0 Å². The third-order valence-corrected chi connectivity index (χ3v) is 3.12. The molecule has 0 amide bonds. The summed E-state index contributed by atoms with van der Waals surface area (Å²) in [7, 11) is -2.98. The van der Waals surface area contributed by atoms with Crippen molar-refractivity contribution in [1.29, 1.82) is 0 Å². The van der Waals surface area contributed by atoms with Gasteiger partial charge in [-0.3, -0.25) is 0 Å². The molecule has 4 heteroatoms. The zero-order valence-corrected chi connectivity index (χ0v) is 10.9. The molecule has 0 aliphatic carbocycles. The van der Waals surface area contributed by atoms with Gasteiger partial charge in [0.15, 0.2) is 0 Å². The number of sulfonamides is 1. The highest BCUT2D eigenvalue weighted by molar-refractivity contribution is 7.88. The molecule has 0 aromatic rings. The van der Waals surface area contributed by atoms with Crippen molar-refractivity contribution in [3.63, 3.8) is 0 Å². The van der Waals surface area contributed by atoms with Crippen LogP contribution in [-0.4, -0.2) is 21.2 Å². The van der Waals surface area contributed by atoms with Gasteiger partial charge in [0.25, 0.3) is 0 Å². The Labute approximate surface area is 94.7 Å². The second-order valence-corrected chi connectivity index (χ2v) is 5.97. The Balaban J connectivity index is 3.06. The monoisotopic (exact) mass is 235 g/mol. The van der Waals surface area contributed by atoms with Crippen LogP contribution in [-0.2, 0) is 10.0 Å². The lowest BCUT2D eigenvalue weighted by molar-refractivity contribution is 0.562. The minimum absolute atomic E-state index is 0.591. The maximum atomic E-state index is 10.7. The molecule has 0 aromatic heterocycles. The third-order valence-electron chi connectivity index (χ3n) is 2.39. The summed E-state index contributed by atoms with van der Waals surface area (Å²) in [5.41, 5.74) is 0. The second kappa shape index (κ2) is 9.16. The quantitative estimate of drug-likeness (QED) is 0.592. The summed E-state index contributed by atoms with van der Waals surface area (Å²) in [4.78, 5) is 0. The van der Waals surface area contributed by atoms with E-state index < -0.39 is 10.0 Å². The van der Waals surface area contributed by atoms with E-state index in [1.165, 1.54) is 44.8 Å². The van der Waals surface area contributed by atoms with Crippen molar-refractivity contribution >= 4 is 10.0 Å². The minimum Gasteiger partial charge on any atom is -0.215 e. The van der Waals surface area contributed by atoms with E-state index >= 15 is 0 Å². The highest BCUT2D eigenvalue weighted by atomic mass is 32.2. The fourth-order valence-electron chi connectivity index (χ4n) is 1.52. The van der Waals surface area contributed by atoms with Gasteiger partial charge in [0.1, 0.15) is 0 Å². The van der Waals surface area contributed by atoms with Gasteiger partial charge in [0, 0.05) is 6.54 Å². The smallest absolute Gasteiger partial charge is 0.208 e. The molecule has 1 N–H and O–H groups in total. The molecule has 0 aliphatic rings. The molecule has 0 heterocycles. The summed E-state index contributed by atoms with van der Waals surface area (Å²) in [6, 6.07) is 0. The lowest BCUT2D eigenvalue weighted by Gasteiger charge is -2.02. The summed E-state index contributed by atoms with van der Waals surface area (Å²) in [5.74, 6) is 0. The van der Waals surface area contributed by atoms with E-state index in [4.69, 9.17) is 0 Å². The molecule has 0 radical (unpaired) electrons. The first kappa shape index (κ1) is 14.9. The van der Waals surface area contributed by atoms with Gasteiger partial charge in [-0.05, 0) is 6.42 Å². The molecule has 0 bridgehead atoms.